The van der Waals surface area contributed by atoms with E-state index in [-0.39, 0.29) is 229 Å². The average molecular weight is 895 g/mol. The van der Waals surface area contributed by atoms with E-state index in [1.165, 1.54) is 39.0 Å². The van der Waals surface area contributed by atoms with Gasteiger partial charge in [0.25, 0.3) is 0 Å². The topological polar surface area (TPSA) is 0 Å². The van der Waals surface area contributed by atoms with Crippen LogP contribution in [0.15, 0.2) is 36.4 Å². The second-order valence-electron chi connectivity index (χ2n) is 6.01. The number of allylic oxidation sites excluding steroid dienone is 3. The van der Waals surface area contributed by atoms with E-state index in [0.717, 1.165) is 0 Å². The SMILES string of the molecule is Cc1ccc2c(c1C)C(C(C)C)=[C-]/C2=C/c1cc[c-]cc1.[Y].[Y].[Y].[Y].[Y].[Y].[Y]. The minimum atomic E-state index is 0. The smallest absolute Gasteiger partial charge is 0 e. The molecule has 0 spiro atoms. The molecule has 0 saturated heterocycles. The summed E-state index contributed by atoms with van der Waals surface area (Å²) in [4.78, 5) is 0. The Kier molecular flexibility index (Phi) is 34.2. The van der Waals surface area contributed by atoms with Crippen molar-refractivity contribution in [3.63, 3.8) is 0 Å². The summed E-state index contributed by atoms with van der Waals surface area (Å²) in [6.45, 7) is 8.89. The fourth-order valence-electron chi connectivity index (χ4n) is 2.87. The van der Waals surface area contributed by atoms with Gasteiger partial charge in [0.15, 0.2) is 0 Å². The van der Waals surface area contributed by atoms with Crippen LogP contribution in [0, 0.1) is 31.9 Å². The predicted molar refractivity (Wildman–Crippen MR) is 90.6 cm³/mol. The summed E-state index contributed by atoms with van der Waals surface area (Å²) in [7, 11) is 0. The van der Waals surface area contributed by atoms with E-state index in [0.29, 0.717) is 5.92 Å². The summed E-state index contributed by atoms with van der Waals surface area (Å²) < 4.78 is 0. The second-order valence-corrected chi connectivity index (χ2v) is 6.01. The molecule has 0 atom stereocenters. The molecule has 0 unspecified atom stereocenters. The van der Waals surface area contributed by atoms with E-state index in [2.05, 4.69) is 70.2 Å². The van der Waals surface area contributed by atoms with Crippen LogP contribution in [-0.2, 0) is 229 Å². The molecule has 0 heterocycles. The Hall–Kier alpha value is 5.65. The maximum absolute atomic E-state index is 3.64. The Morgan fingerprint density at radius 1 is 0.786 bits per heavy atom. The summed E-state index contributed by atoms with van der Waals surface area (Å²) >= 11 is 0. The molecule has 0 nitrogen and oxygen atoms in total. The molecule has 0 saturated carbocycles. The molecule has 7 heteroatoms. The first kappa shape index (κ1) is 43.7. The molecule has 0 aliphatic heterocycles. The van der Waals surface area contributed by atoms with Gasteiger partial charge < -0.3 is 0 Å². The van der Waals surface area contributed by atoms with Gasteiger partial charge in [0, 0.05) is 229 Å². The van der Waals surface area contributed by atoms with Crippen molar-refractivity contribution < 1.29 is 229 Å². The number of hydrogen-bond acceptors (Lipinski definition) is 0. The second kappa shape index (κ2) is 21.9. The first-order valence-electron chi connectivity index (χ1n) is 7.50. The first-order valence-corrected chi connectivity index (χ1v) is 7.50. The zero-order valence-electron chi connectivity index (χ0n) is 17.2. The zero-order chi connectivity index (χ0) is 15.0. The van der Waals surface area contributed by atoms with Crippen LogP contribution < -0.4 is 0 Å². The van der Waals surface area contributed by atoms with Crippen LogP contribution in [0.25, 0.3) is 17.2 Å². The summed E-state index contributed by atoms with van der Waals surface area (Å²) in [5.41, 5.74) is 9.17. The van der Waals surface area contributed by atoms with Crippen molar-refractivity contribution in [2.45, 2.75) is 27.7 Å². The van der Waals surface area contributed by atoms with Crippen molar-refractivity contribution in [1.82, 2.24) is 0 Å². The Balaban J connectivity index is -0.000000252. The van der Waals surface area contributed by atoms with Crippen LogP contribution in [0.5, 0.6) is 0 Å². The van der Waals surface area contributed by atoms with Crippen LogP contribution in [0.2, 0.25) is 0 Å². The number of hydrogen-bond donors (Lipinski definition) is 0. The van der Waals surface area contributed by atoms with Crippen LogP contribution in [0.4, 0.5) is 0 Å². The number of benzene rings is 2. The van der Waals surface area contributed by atoms with Gasteiger partial charge in [-0.1, -0.05) is 31.0 Å². The van der Waals surface area contributed by atoms with Crippen molar-refractivity contribution in [2.75, 3.05) is 0 Å². The zero-order valence-corrected chi connectivity index (χ0v) is 37.0. The van der Waals surface area contributed by atoms with Crippen LogP contribution >= 0.6 is 0 Å². The fraction of sp³-hybridized carbons (Fsp3) is 0.238. The van der Waals surface area contributed by atoms with Crippen molar-refractivity contribution in [1.29, 1.82) is 0 Å². The maximum atomic E-state index is 3.64. The molecule has 28 heavy (non-hydrogen) atoms. The number of aryl methyl sites for hydroxylation is 1. The Labute approximate surface area is 347 Å². The maximum Gasteiger partial charge on any atom is 0 e. The number of rotatable bonds is 2. The summed E-state index contributed by atoms with van der Waals surface area (Å²) in [5, 5.41) is 0. The van der Waals surface area contributed by atoms with Gasteiger partial charge in [-0.15, -0.1) is 28.8 Å². The fourth-order valence-corrected chi connectivity index (χ4v) is 2.87. The summed E-state index contributed by atoms with van der Waals surface area (Å²) in [6.07, 6.45) is 5.86. The minimum Gasteiger partial charge on any atom is -0.184 e. The van der Waals surface area contributed by atoms with E-state index in [9.17, 15) is 0 Å². The van der Waals surface area contributed by atoms with Gasteiger partial charge in [0.1, 0.15) is 0 Å². The summed E-state index contributed by atoms with van der Waals surface area (Å²) in [5.74, 6) is 0.485. The Morgan fingerprint density at radius 3 is 1.82 bits per heavy atom. The third kappa shape index (κ3) is 11.6. The molecule has 0 fully saturated rings. The third-order valence-electron chi connectivity index (χ3n) is 4.20. The van der Waals surface area contributed by atoms with E-state index in [1.54, 1.807) is 0 Å². The molecule has 0 N–H and O–H groups in total. The molecule has 2 aromatic carbocycles. The van der Waals surface area contributed by atoms with Crippen molar-refractivity contribution >= 4 is 17.2 Å². The minimum absolute atomic E-state index is 0. The van der Waals surface area contributed by atoms with Gasteiger partial charge in [-0.3, -0.25) is 0 Å². The molecule has 1 aliphatic rings. The van der Waals surface area contributed by atoms with Crippen LogP contribution in [-0.4, -0.2) is 0 Å². The van der Waals surface area contributed by atoms with Gasteiger partial charge in [-0.05, 0) is 19.8 Å². The predicted octanol–water partition coefficient (Wildman–Crippen LogP) is 5.48. The third-order valence-corrected chi connectivity index (χ3v) is 4.20. The van der Waals surface area contributed by atoms with E-state index in [4.69, 9.17) is 0 Å². The van der Waals surface area contributed by atoms with Crippen molar-refractivity contribution in [3.8, 4) is 0 Å². The van der Waals surface area contributed by atoms with Crippen LogP contribution in [0.3, 0.4) is 0 Å². The Morgan fingerprint density at radius 2 is 1.32 bits per heavy atom. The summed E-state index contributed by atoms with van der Waals surface area (Å²) in [6, 6.07) is 15.6. The first-order chi connectivity index (χ1) is 10.1. The molecule has 0 aromatic heterocycles. The molecular weight excluding hydrogens is 875 g/mol. The van der Waals surface area contributed by atoms with E-state index >= 15 is 0 Å². The molecule has 0 amide bonds. The average Bonchev–Trinajstić information content (AvgIpc) is 2.84. The molecule has 3 rings (SSSR count). The largest absolute Gasteiger partial charge is 0.184 e. The molecule has 2 aromatic rings. The van der Waals surface area contributed by atoms with Crippen molar-refractivity contribution in [3.05, 3.63) is 76.4 Å². The Bertz CT molecular complexity index is 751. The standard InChI is InChI=1S/C21H20.7Y/c1-14(2)20-13-18(12-17-8-6-5-7-9-17)19-11-10-15(3)16(4)21(19)20;;;;;;;/h6-12,14H,1-4H3;;;;;;;/q-2;;;;;;;/b18-12-;;;;;;;. The van der Waals surface area contributed by atoms with Gasteiger partial charge in [0.2, 0.25) is 0 Å². The normalized spacial score (nSPS) is 11.6. The van der Waals surface area contributed by atoms with Gasteiger partial charge in [0.05, 0.1) is 0 Å². The molecule has 1 aliphatic carbocycles. The van der Waals surface area contributed by atoms with E-state index < -0.39 is 0 Å². The quantitative estimate of drug-likeness (QED) is 0.351. The number of fused-ring (bicyclic) bond motifs is 1. The van der Waals surface area contributed by atoms with Crippen LogP contribution in [0.1, 0.15) is 41.7 Å². The molecule has 127 valence electrons. The van der Waals surface area contributed by atoms with Crippen molar-refractivity contribution in [2.24, 2.45) is 5.92 Å². The molecule has 0 bridgehead atoms. The molecular formula is C21H20Y7-2. The van der Waals surface area contributed by atoms with Gasteiger partial charge in [-0.2, -0.15) is 47.5 Å². The monoisotopic (exact) mass is 894 g/mol. The van der Waals surface area contributed by atoms with Gasteiger partial charge >= 0.3 is 0 Å². The molecule has 7 radical (unpaired) electrons. The van der Waals surface area contributed by atoms with E-state index in [1.807, 2.05) is 12.1 Å². The van der Waals surface area contributed by atoms with Gasteiger partial charge in [-0.25, -0.2) is 0 Å².